The van der Waals surface area contributed by atoms with E-state index in [9.17, 15) is 4.79 Å². The number of para-hydroxylation sites is 2. The molecular weight excluding hydrogens is 284 g/mol. The molecule has 2 aromatic rings. The smallest absolute Gasteiger partial charge is 0.305 e. The average molecular weight is 306 g/mol. The van der Waals surface area contributed by atoms with Crippen molar-refractivity contribution in [2.75, 3.05) is 12.4 Å². The summed E-state index contributed by atoms with van der Waals surface area (Å²) in [7, 11) is 0. The topological polar surface area (TPSA) is 44.1 Å². The first kappa shape index (κ1) is 15.9. The summed E-state index contributed by atoms with van der Waals surface area (Å²) >= 11 is 1.78. The number of hydrogen-bond donors (Lipinski definition) is 0. The highest BCUT2D eigenvalue weighted by atomic mass is 32.2. The van der Waals surface area contributed by atoms with Crippen molar-refractivity contribution in [3.63, 3.8) is 0 Å². The molecule has 0 bridgehead atoms. The summed E-state index contributed by atoms with van der Waals surface area (Å²) in [5, 5.41) is 1.04. The lowest BCUT2D eigenvalue weighted by molar-refractivity contribution is -0.143. The number of esters is 1. The number of benzene rings is 1. The normalized spacial score (nSPS) is 11.0. The number of imidazole rings is 1. The molecule has 2 rings (SSSR count). The maximum atomic E-state index is 11.4. The summed E-state index contributed by atoms with van der Waals surface area (Å²) in [5.74, 6) is 0.936. The molecule has 0 fully saturated rings. The van der Waals surface area contributed by atoms with E-state index in [0.29, 0.717) is 13.0 Å². The molecule has 5 heteroatoms. The molecule has 4 nitrogen and oxygen atoms in total. The van der Waals surface area contributed by atoms with E-state index in [2.05, 4.69) is 17.6 Å². The number of nitrogens with zero attached hydrogens (tertiary/aromatic N) is 2. The van der Waals surface area contributed by atoms with Gasteiger partial charge in [-0.1, -0.05) is 30.8 Å². The van der Waals surface area contributed by atoms with Crippen molar-refractivity contribution in [3.05, 3.63) is 24.3 Å². The van der Waals surface area contributed by atoms with Gasteiger partial charge in [0, 0.05) is 18.7 Å². The van der Waals surface area contributed by atoms with Gasteiger partial charge in [-0.25, -0.2) is 4.98 Å². The van der Waals surface area contributed by atoms with Crippen LogP contribution in [0.25, 0.3) is 11.0 Å². The number of rotatable bonds is 8. The zero-order valence-electron chi connectivity index (χ0n) is 12.7. The third-order valence-corrected chi connectivity index (χ3v) is 4.31. The second-order valence-corrected chi connectivity index (χ2v) is 5.85. The Hall–Kier alpha value is -1.49. The van der Waals surface area contributed by atoms with Gasteiger partial charge in [0.15, 0.2) is 5.16 Å². The van der Waals surface area contributed by atoms with E-state index in [1.54, 1.807) is 11.8 Å². The zero-order chi connectivity index (χ0) is 15.1. The van der Waals surface area contributed by atoms with Crippen LogP contribution in [0, 0.1) is 0 Å². The molecule has 0 radical (unpaired) electrons. The molecule has 0 amide bonds. The summed E-state index contributed by atoms with van der Waals surface area (Å²) in [6, 6.07) is 8.16. The Bertz CT molecular complexity index is 595. The van der Waals surface area contributed by atoms with Crippen LogP contribution in [-0.2, 0) is 16.1 Å². The molecule has 0 atom stereocenters. The van der Waals surface area contributed by atoms with Crippen molar-refractivity contribution in [2.45, 2.75) is 44.8 Å². The van der Waals surface area contributed by atoms with Gasteiger partial charge in [0.05, 0.1) is 17.6 Å². The standard InChI is InChI=1S/C16H22N2O2S/c1-3-12-21-16-17-13-8-5-6-9-14(13)18(16)11-7-10-15(19)20-4-2/h5-6,8-9H,3-4,7,10-12H2,1-2H3. The summed E-state index contributed by atoms with van der Waals surface area (Å²) in [6.45, 7) is 5.25. The minimum absolute atomic E-state index is 0.121. The lowest BCUT2D eigenvalue weighted by Gasteiger charge is -2.08. The van der Waals surface area contributed by atoms with Crippen LogP contribution in [0.3, 0.4) is 0 Å². The van der Waals surface area contributed by atoms with Crippen molar-refractivity contribution in [3.8, 4) is 0 Å². The summed E-state index contributed by atoms with van der Waals surface area (Å²) in [6.07, 6.45) is 2.35. The molecule has 0 saturated carbocycles. The molecular formula is C16H22N2O2S. The van der Waals surface area contributed by atoms with Gasteiger partial charge in [0.2, 0.25) is 0 Å². The molecule has 0 spiro atoms. The molecule has 0 unspecified atom stereocenters. The average Bonchev–Trinajstić information content (AvgIpc) is 2.83. The van der Waals surface area contributed by atoms with Crippen LogP contribution in [0.1, 0.15) is 33.1 Å². The Morgan fingerprint density at radius 3 is 2.90 bits per heavy atom. The minimum Gasteiger partial charge on any atom is -0.466 e. The first-order valence-electron chi connectivity index (χ1n) is 7.50. The first-order chi connectivity index (χ1) is 10.3. The van der Waals surface area contributed by atoms with E-state index in [1.165, 1.54) is 0 Å². The lowest BCUT2D eigenvalue weighted by atomic mass is 10.3. The molecule has 0 saturated heterocycles. The van der Waals surface area contributed by atoms with E-state index in [1.807, 2.05) is 25.1 Å². The van der Waals surface area contributed by atoms with E-state index < -0.39 is 0 Å². The van der Waals surface area contributed by atoms with Crippen molar-refractivity contribution in [1.29, 1.82) is 0 Å². The van der Waals surface area contributed by atoms with Crippen LogP contribution in [0.5, 0.6) is 0 Å². The van der Waals surface area contributed by atoms with E-state index >= 15 is 0 Å². The maximum Gasteiger partial charge on any atom is 0.305 e. The number of aryl methyl sites for hydroxylation is 1. The molecule has 0 N–H and O–H groups in total. The summed E-state index contributed by atoms with van der Waals surface area (Å²) in [5.41, 5.74) is 2.16. The van der Waals surface area contributed by atoms with E-state index in [4.69, 9.17) is 9.72 Å². The van der Waals surface area contributed by atoms with Crippen molar-refractivity contribution in [1.82, 2.24) is 9.55 Å². The summed E-state index contributed by atoms with van der Waals surface area (Å²) < 4.78 is 7.19. The fourth-order valence-corrected chi connectivity index (χ4v) is 3.08. The van der Waals surface area contributed by atoms with Gasteiger partial charge in [-0.15, -0.1) is 0 Å². The number of carbonyl (C=O) groups excluding carboxylic acids is 1. The van der Waals surface area contributed by atoms with Crippen LogP contribution < -0.4 is 0 Å². The van der Waals surface area contributed by atoms with Crippen LogP contribution in [0.4, 0.5) is 0 Å². The van der Waals surface area contributed by atoms with Crippen LogP contribution in [0.15, 0.2) is 29.4 Å². The highest BCUT2D eigenvalue weighted by molar-refractivity contribution is 7.99. The molecule has 21 heavy (non-hydrogen) atoms. The third kappa shape index (κ3) is 4.24. The van der Waals surface area contributed by atoms with Crippen molar-refractivity contribution >= 4 is 28.8 Å². The van der Waals surface area contributed by atoms with Gasteiger partial charge in [-0.05, 0) is 31.9 Å². The molecule has 0 aliphatic carbocycles. The van der Waals surface area contributed by atoms with Crippen molar-refractivity contribution < 1.29 is 9.53 Å². The van der Waals surface area contributed by atoms with Crippen LogP contribution in [-0.4, -0.2) is 27.9 Å². The number of fused-ring (bicyclic) bond motifs is 1. The van der Waals surface area contributed by atoms with Gasteiger partial charge >= 0.3 is 5.97 Å². The van der Waals surface area contributed by atoms with Crippen molar-refractivity contribution in [2.24, 2.45) is 0 Å². The number of ether oxygens (including phenoxy) is 1. The van der Waals surface area contributed by atoms with Gasteiger partial charge < -0.3 is 9.30 Å². The molecule has 1 heterocycles. The minimum atomic E-state index is -0.121. The number of hydrogen-bond acceptors (Lipinski definition) is 4. The summed E-state index contributed by atoms with van der Waals surface area (Å²) in [4.78, 5) is 16.1. The Balaban J connectivity index is 2.10. The number of carbonyl (C=O) groups is 1. The molecule has 0 aliphatic rings. The van der Waals surface area contributed by atoms with Gasteiger partial charge in [0.1, 0.15) is 0 Å². The monoisotopic (exact) mass is 306 g/mol. The molecule has 1 aromatic carbocycles. The fourth-order valence-electron chi connectivity index (χ4n) is 2.19. The highest BCUT2D eigenvalue weighted by Gasteiger charge is 2.11. The third-order valence-electron chi connectivity index (χ3n) is 3.12. The quantitative estimate of drug-likeness (QED) is 0.548. The zero-order valence-corrected chi connectivity index (χ0v) is 13.5. The van der Waals surface area contributed by atoms with Crippen LogP contribution in [0.2, 0.25) is 0 Å². The second kappa shape index (κ2) is 8.08. The van der Waals surface area contributed by atoms with E-state index in [-0.39, 0.29) is 5.97 Å². The maximum absolute atomic E-state index is 11.4. The Morgan fingerprint density at radius 2 is 2.14 bits per heavy atom. The Labute approximate surface area is 129 Å². The predicted octanol–water partition coefficient (Wildman–Crippen LogP) is 3.88. The molecule has 114 valence electrons. The Kier molecular flexibility index (Phi) is 6.11. The predicted molar refractivity (Wildman–Crippen MR) is 86.6 cm³/mol. The van der Waals surface area contributed by atoms with Crippen LogP contribution >= 0.6 is 11.8 Å². The van der Waals surface area contributed by atoms with Gasteiger partial charge in [0.25, 0.3) is 0 Å². The fraction of sp³-hybridized carbons (Fsp3) is 0.500. The second-order valence-electron chi connectivity index (χ2n) is 4.79. The SMILES string of the molecule is CCCSc1nc2ccccc2n1CCCC(=O)OCC. The van der Waals surface area contributed by atoms with Gasteiger partial charge in [-0.3, -0.25) is 4.79 Å². The number of aromatic nitrogens is 2. The lowest BCUT2D eigenvalue weighted by Crippen LogP contribution is -2.07. The highest BCUT2D eigenvalue weighted by Crippen LogP contribution is 2.25. The Morgan fingerprint density at radius 1 is 1.33 bits per heavy atom. The molecule has 0 aliphatic heterocycles. The van der Waals surface area contributed by atoms with Gasteiger partial charge in [-0.2, -0.15) is 0 Å². The first-order valence-corrected chi connectivity index (χ1v) is 8.48. The largest absolute Gasteiger partial charge is 0.466 e. The molecule has 1 aromatic heterocycles. The van der Waals surface area contributed by atoms with E-state index in [0.717, 1.165) is 41.3 Å². The number of thioether (sulfide) groups is 1.